The Morgan fingerprint density at radius 3 is 2.83 bits per heavy atom. The number of aliphatic hydroxyl groups is 1. The van der Waals surface area contributed by atoms with Gasteiger partial charge in [-0.05, 0) is 25.2 Å². The molecule has 0 bridgehead atoms. The van der Waals surface area contributed by atoms with Crippen LogP contribution in [0.2, 0.25) is 5.02 Å². The van der Waals surface area contributed by atoms with E-state index in [1.54, 1.807) is 7.05 Å². The molecule has 0 fully saturated rings. The van der Waals surface area contributed by atoms with Crippen LogP contribution in [0.15, 0.2) is 18.2 Å². The van der Waals surface area contributed by atoms with Crippen LogP contribution >= 0.6 is 11.6 Å². The summed E-state index contributed by atoms with van der Waals surface area (Å²) in [5.74, 6) is -0.833. The molecule has 0 atom stereocenters. The van der Waals surface area contributed by atoms with Crippen molar-refractivity contribution in [2.45, 2.75) is 6.42 Å². The van der Waals surface area contributed by atoms with Gasteiger partial charge in [0.25, 0.3) is 0 Å². The number of hydrogen-bond acceptors (Lipinski definition) is 3. The molecule has 6 heteroatoms. The Morgan fingerprint density at radius 2 is 2.22 bits per heavy atom. The third-order valence-corrected chi connectivity index (χ3v) is 2.64. The quantitative estimate of drug-likeness (QED) is 0.831. The van der Waals surface area contributed by atoms with Gasteiger partial charge in [0.05, 0.1) is 12.3 Å². The highest BCUT2D eigenvalue weighted by molar-refractivity contribution is 6.30. The number of carbonyl (C=O) groups is 1. The van der Waals surface area contributed by atoms with Gasteiger partial charge < -0.3 is 15.3 Å². The molecule has 100 valence electrons. The Hall–Kier alpha value is -1.17. The molecule has 1 aromatic carbocycles. The number of nitrogens with zero attached hydrogens (tertiary/aromatic N) is 1. The maximum Gasteiger partial charge on any atom is 0.225 e. The van der Waals surface area contributed by atoms with Gasteiger partial charge in [-0.15, -0.1) is 0 Å². The lowest BCUT2D eigenvalue weighted by atomic mass is 10.3. The first-order chi connectivity index (χ1) is 8.52. The number of nitrogens with one attached hydrogen (secondary N) is 1. The summed E-state index contributed by atoms with van der Waals surface area (Å²) < 4.78 is 13.4. The zero-order chi connectivity index (χ0) is 13.5. The SMILES string of the molecule is CN(CCO)CCC(=O)Nc1ccc(Cl)cc1F. The fraction of sp³-hybridized carbons (Fsp3) is 0.417. The smallest absolute Gasteiger partial charge is 0.225 e. The van der Waals surface area contributed by atoms with Crippen molar-refractivity contribution in [3.63, 3.8) is 0 Å². The molecule has 0 saturated heterocycles. The van der Waals surface area contributed by atoms with E-state index in [4.69, 9.17) is 16.7 Å². The summed E-state index contributed by atoms with van der Waals surface area (Å²) in [5, 5.41) is 11.5. The molecule has 0 aromatic heterocycles. The molecular weight excluding hydrogens is 259 g/mol. The van der Waals surface area contributed by atoms with Gasteiger partial charge in [0, 0.05) is 24.5 Å². The van der Waals surface area contributed by atoms with Crippen LogP contribution < -0.4 is 5.32 Å². The first-order valence-electron chi connectivity index (χ1n) is 5.57. The molecule has 0 aliphatic carbocycles. The monoisotopic (exact) mass is 274 g/mol. The maximum atomic E-state index is 13.4. The minimum absolute atomic E-state index is 0.0456. The molecule has 0 spiro atoms. The number of anilines is 1. The molecule has 0 heterocycles. The Kier molecular flexibility index (Phi) is 6.04. The summed E-state index contributed by atoms with van der Waals surface area (Å²) in [6.45, 7) is 1.05. The maximum absolute atomic E-state index is 13.4. The number of rotatable bonds is 6. The molecule has 1 rings (SSSR count). The molecule has 0 aliphatic rings. The predicted octanol–water partition coefficient (Wildman–Crippen LogP) is 1.73. The lowest BCUT2D eigenvalue weighted by molar-refractivity contribution is -0.116. The summed E-state index contributed by atoms with van der Waals surface area (Å²) in [6, 6.07) is 4.08. The lowest BCUT2D eigenvalue weighted by Crippen LogP contribution is -2.26. The number of carbonyl (C=O) groups excluding carboxylic acids is 1. The number of hydrogen-bond donors (Lipinski definition) is 2. The number of amides is 1. The molecule has 2 N–H and O–H groups in total. The van der Waals surface area contributed by atoms with E-state index >= 15 is 0 Å². The van der Waals surface area contributed by atoms with E-state index < -0.39 is 5.82 Å². The highest BCUT2D eigenvalue weighted by Crippen LogP contribution is 2.18. The van der Waals surface area contributed by atoms with Crippen molar-refractivity contribution in [2.24, 2.45) is 0 Å². The van der Waals surface area contributed by atoms with Crippen LogP contribution in [0.3, 0.4) is 0 Å². The minimum Gasteiger partial charge on any atom is -0.395 e. The van der Waals surface area contributed by atoms with Gasteiger partial charge in [-0.1, -0.05) is 11.6 Å². The average molecular weight is 275 g/mol. The molecule has 0 saturated carbocycles. The van der Waals surface area contributed by atoms with Crippen LogP contribution in [0, 0.1) is 5.82 Å². The minimum atomic E-state index is -0.556. The van der Waals surface area contributed by atoms with Crippen LogP contribution in [0.5, 0.6) is 0 Å². The zero-order valence-corrected chi connectivity index (χ0v) is 10.9. The summed E-state index contributed by atoms with van der Waals surface area (Å²) in [5.41, 5.74) is 0.120. The van der Waals surface area contributed by atoms with Crippen LogP contribution in [-0.2, 0) is 4.79 Å². The Morgan fingerprint density at radius 1 is 1.50 bits per heavy atom. The summed E-state index contributed by atoms with van der Waals surface area (Å²) in [4.78, 5) is 13.4. The topological polar surface area (TPSA) is 52.6 Å². The molecular formula is C12H16ClFN2O2. The third kappa shape index (κ3) is 5.00. The van der Waals surface area contributed by atoms with Gasteiger partial charge in [0.15, 0.2) is 0 Å². The van der Waals surface area contributed by atoms with Crippen molar-refractivity contribution in [2.75, 3.05) is 32.1 Å². The highest BCUT2D eigenvalue weighted by atomic mass is 35.5. The van der Waals surface area contributed by atoms with Crippen molar-refractivity contribution in [1.82, 2.24) is 4.90 Å². The molecule has 0 aliphatic heterocycles. The summed E-state index contributed by atoms with van der Waals surface area (Å²) in [6.07, 6.45) is 0.235. The molecule has 18 heavy (non-hydrogen) atoms. The van der Waals surface area contributed by atoms with Gasteiger partial charge in [-0.25, -0.2) is 4.39 Å². The van der Waals surface area contributed by atoms with Crippen LogP contribution in [0.1, 0.15) is 6.42 Å². The Bertz CT molecular complexity index is 415. The Labute approximate surface area is 110 Å². The fourth-order valence-corrected chi connectivity index (χ4v) is 1.54. The van der Waals surface area contributed by atoms with Crippen LogP contribution in [0.4, 0.5) is 10.1 Å². The summed E-state index contributed by atoms with van der Waals surface area (Å²) in [7, 11) is 1.80. The lowest BCUT2D eigenvalue weighted by Gasteiger charge is -2.14. The second-order valence-corrected chi connectivity index (χ2v) is 4.39. The van der Waals surface area contributed by atoms with Gasteiger partial charge >= 0.3 is 0 Å². The number of benzene rings is 1. The average Bonchev–Trinajstić information content (AvgIpc) is 2.31. The van der Waals surface area contributed by atoms with E-state index in [1.807, 2.05) is 4.90 Å². The van der Waals surface area contributed by atoms with E-state index in [9.17, 15) is 9.18 Å². The first kappa shape index (κ1) is 14.9. The second-order valence-electron chi connectivity index (χ2n) is 3.95. The van der Waals surface area contributed by atoms with E-state index in [2.05, 4.69) is 5.32 Å². The predicted molar refractivity (Wildman–Crippen MR) is 69.2 cm³/mol. The fourth-order valence-electron chi connectivity index (χ4n) is 1.38. The molecule has 0 radical (unpaired) electrons. The van der Waals surface area contributed by atoms with Gasteiger partial charge in [0.2, 0.25) is 5.91 Å². The van der Waals surface area contributed by atoms with Crippen molar-refractivity contribution in [3.8, 4) is 0 Å². The largest absolute Gasteiger partial charge is 0.395 e. The molecule has 1 aromatic rings. The number of halogens is 2. The molecule has 4 nitrogen and oxygen atoms in total. The molecule has 0 unspecified atom stereocenters. The van der Waals surface area contributed by atoms with Crippen molar-refractivity contribution in [3.05, 3.63) is 29.0 Å². The normalized spacial score (nSPS) is 10.7. The first-order valence-corrected chi connectivity index (χ1v) is 5.95. The van der Waals surface area contributed by atoms with Crippen molar-refractivity contribution < 1.29 is 14.3 Å². The van der Waals surface area contributed by atoms with Crippen molar-refractivity contribution in [1.29, 1.82) is 0 Å². The van der Waals surface area contributed by atoms with Crippen LogP contribution in [-0.4, -0.2) is 42.7 Å². The number of aliphatic hydroxyl groups excluding tert-OH is 1. The number of likely N-dealkylation sites (N-methyl/N-ethyl adjacent to an activating group) is 1. The Balaban J connectivity index is 2.44. The highest BCUT2D eigenvalue weighted by Gasteiger charge is 2.08. The third-order valence-electron chi connectivity index (χ3n) is 2.41. The second kappa shape index (κ2) is 7.31. The van der Waals surface area contributed by atoms with Gasteiger partial charge in [-0.2, -0.15) is 0 Å². The van der Waals surface area contributed by atoms with E-state index in [0.29, 0.717) is 13.1 Å². The van der Waals surface area contributed by atoms with Crippen LogP contribution in [0.25, 0.3) is 0 Å². The van der Waals surface area contributed by atoms with Gasteiger partial charge in [-0.3, -0.25) is 4.79 Å². The van der Waals surface area contributed by atoms with Crippen molar-refractivity contribution >= 4 is 23.2 Å². The zero-order valence-electron chi connectivity index (χ0n) is 10.1. The van der Waals surface area contributed by atoms with Gasteiger partial charge in [0.1, 0.15) is 5.82 Å². The van der Waals surface area contributed by atoms with E-state index in [1.165, 1.54) is 12.1 Å². The molecule has 1 amide bonds. The van der Waals surface area contributed by atoms with E-state index in [0.717, 1.165) is 6.07 Å². The standard InChI is InChI=1S/C12H16ClFN2O2/c1-16(6-7-17)5-4-12(18)15-11-3-2-9(13)8-10(11)14/h2-3,8,17H,4-7H2,1H3,(H,15,18). The summed E-state index contributed by atoms with van der Waals surface area (Å²) >= 11 is 5.61. The van der Waals surface area contributed by atoms with E-state index in [-0.39, 0.29) is 29.6 Å².